The van der Waals surface area contributed by atoms with Crippen LogP contribution in [-0.4, -0.2) is 18.0 Å². The van der Waals surface area contributed by atoms with Gasteiger partial charge in [0, 0.05) is 5.69 Å². The Bertz CT molecular complexity index is 554. The summed E-state index contributed by atoms with van der Waals surface area (Å²) in [5, 5.41) is 11.4. The van der Waals surface area contributed by atoms with E-state index in [1.54, 1.807) is 31.2 Å². The molecule has 0 aliphatic heterocycles. The second-order valence-electron chi connectivity index (χ2n) is 5.24. The van der Waals surface area contributed by atoms with Crippen molar-refractivity contribution in [1.29, 1.82) is 5.26 Å². The van der Waals surface area contributed by atoms with Crippen LogP contribution in [0.25, 0.3) is 0 Å². The summed E-state index contributed by atoms with van der Waals surface area (Å²) in [5.74, 6) is -0.712. The van der Waals surface area contributed by atoms with Gasteiger partial charge in [-0.25, -0.2) is 0 Å². The van der Waals surface area contributed by atoms with E-state index in [-0.39, 0.29) is 17.8 Å². The largest absolute Gasteiger partial charge is 0.452 e. The van der Waals surface area contributed by atoms with E-state index in [2.05, 4.69) is 5.32 Å². The summed E-state index contributed by atoms with van der Waals surface area (Å²) < 4.78 is 5.21. The van der Waals surface area contributed by atoms with Crippen LogP contribution in [0, 0.1) is 17.2 Å². The molecule has 5 nitrogen and oxygen atoms in total. The molecule has 0 heterocycles. The average molecular weight is 286 g/mol. The van der Waals surface area contributed by atoms with Crippen LogP contribution < -0.4 is 5.32 Å². The van der Waals surface area contributed by atoms with Crippen LogP contribution in [0.1, 0.15) is 38.2 Å². The second-order valence-corrected chi connectivity index (χ2v) is 5.24. The van der Waals surface area contributed by atoms with Gasteiger partial charge in [-0.1, -0.05) is 12.8 Å². The van der Waals surface area contributed by atoms with Crippen molar-refractivity contribution >= 4 is 17.6 Å². The summed E-state index contributed by atoms with van der Waals surface area (Å²) in [4.78, 5) is 23.8. The van der Waals surface area contributed by atoms with E-state index in [9.17, 15) is 9.59 Å². The smallest absolute Gasteiger partial charge is 0.309 e. The first-order chi connectivity index (χ1) is 10.1. The minimum atomic E-state index is -0.825. The highest BCUT2D eigenvalue weighted by atomic mass is 16.5. The zero-order valence-electron chi connectivity index (χ0n) is 12.0. The van der Waals surface area contributed by atoms with E-state index in [1.165, 1.54) is 0 Å². The SMILES string of the molecule is C[C@H](OC(=O)C1CCCC1)C(=O)Nc1ccc(C#N)cc1. The van der Waals surface area contributed by atoms with Crippen molar-refractivity contribution in [3.05, 3.63) is 29.8 Å². The highest BCUT2D eigenvalue weighted by Crippen LogP contribution is 2.26. The summed E-state index contributed by atoms with van der Waals surface area (Å²) in [6.45, 7) is 1.56. The van der Waals surface area contributed by atoms with Crippen LogP contribution in [-0.2, 0) is 14.3 Å². The fraction of sp³-hybridized carbons (Fsp3) is 0.438. The van der Waals surface area contributed by atoms with Gasteiger partial charge in [-0.2, -0.15) is 5.26 Å². The average Bonchev–Trinajstić information content (AvgIpc) is 3.02. The van der Waals surface area contributed by atoms with Crippen LogP contribution in [0.2, 0.25) is 0 Å². The zero-order chi connectivity index (χ0) is 15.2. The standard InChI is InChI=1S/C16H18N2O3/c1-11(21-16(20)13-4-2-3-5-13)15(19)18-14-8-6-12(10-17)7-9-14/h6-9,11,13H,2-5H2,1H3,(H,18,19)/t11-/m0/s1. The Labute approximate surface area is 123 Å². The van der Waals surface area contributed by atoms with Gasteiger partial charge in [0.1, 0.15) is 0 Å². The first-order valence-corrected chi connectivity index (χ1v) is 7.11. The number of carbonyl (C=O) groups excluding carboxylic acids is 2. The maximum Gasteiger partial charge on any atom is 0.309 e. The number of hydrogen-bond donors (Lipinski definition) is 1. The van der Waals surface area contributed by atoms with Crippen LogP contribution in [0.15, 0.2) is 24.3 Å². The predicted molar refractivity (Wildman–Crippen MR) is 77.3 cm³/mol. The highest BCUT2D eigenvalue weighted by molar-refractivity contribution is 5.95. The number of rotatable bonds is 4. The van der Waals surface area contributed by atoms with Crippen molar-refractivity contribution in [1.82, 2.24) is 0 Å². The first kappa shape index (κ1) is 15.0. The lowest BCUT2D eigenvalue weighted by atomic mass is 10.1. The van der Waals surface area contributed by atoms with Gasteiger partial charge in [-0.15, -0.1) is 0 Å². The maximum atomic E-state index is 12.0. The summed E-state index contributed by atoms with van der Waals surface area (Å²) >= 11 is 0. The van der Waals surface area contributed by atoms with E-state index in [0.717, 1.165) is 25.7 Å². The Kier molecular flexibility index (Phi) is 4.94. The highest BCUT2D eigenvalue weighted by Gasteiger charge is 2.27. The van der Waals surface area contributed by atoms with Crippen LogP contribution >= 0.6 is 0 Å². The summed E-state index contributed by atoms with van der Waals surface area (Å²) in [6.07, 6.45) is 2.97. The molecule has 110 valence electrons. The van der Waals surface area contributed by atoms with Gasteiger partial charge < -0.3 is 10.1 Å². The molecule has 1 fully saturated rings. The van der Waals surface area contributed by atoms with Crippen molar-refractivity contribution in [2.75, 3.05) is 5.32 Å². The van der Waals surface area contributed by atoms with Crippen molar-refractivity contribution in [2.24, 2.45) is 5.92 Å². The number of esters is 1. The molecule has 1 saturated carbocycles. The molecule has 1 amide bonds. The molecular formula is C16H18N2O3. The molecule has 1 aliphatic carbocycles. The van der Waals surface area contributed by atoms with E-state index in [0.29, 0.717) is 11.3 Å². The zero-order valence-corrected chi connectivity index (χ0v) is 12.0. The topological polar surface area (TPSA) is 79.2 Å². The van der Waals surface area contributed by atoms with Gasteiger partial charge in [0.2, 0.25) is 0 Å². The second kappa shape index (κ2) is 6.89. The summed E-state index contributed by atoms with van der Waals surface area (Å²) in [5.41, 5.74) is 1.09. The molecular weight excluding hydrogens is 268 g/mol. The molecule has 0 unspecified atom stereocenters. The molecule has 0 saturated heterocycles. The van der Waals surface area contributed by atoms with E-state index < -0.39 is 6.10 Å². The van der Waals surface area contributed by atoms with Gasteiger partial charge in [0.15, 0.2) is 6.10 Å². The number of nitrogens with zero attached hydrogens (tertiary/aromatic N) is 1. The van der Waals surface area contributed by atoms with Crippen LogP contribution in [0.5, 0.6) is 0 Å². The molecule has 0 aromatic heterocycles. The molecule has 21 heavy (non-hydrogen) atoms. The monoisotopic (exact) mass is 286 g/mol. The molecule has 0 radical (unpaired) electrons. The third-order valence-electron chi connectivity index (χ3n) is 3.63. The van der Waals surface area contributed by atoms with Crippen molar-refractivity contribution in [3.8, 4) is 6.07 Å². The number of nitrogens with one attached hydrogen (secondary N) is 1. The molecule has 1 aliphatic rings. The molecule has 0 bridgehead atoms. The summed E-state index contributed by atoms with van der Waals surface area (Å²) in [7, 11) is 0. The van der Waals surface area contributed by atoms with Crippen molar-refractivity contribution < 1.29 is 14.3 Å². The molecule has 1 atom stereocenters. The Morgan fingerprint density at radius 1 is 1.29 bits per heavy atom. The molecule has 1 aromatic rings. The third-order valence-corrected chi connectivity index (χ3v) is 3.63. The van der Waals surface area contributed by atoms with Gasteiger partial charge in [-0.3, -0.25) is 9.59 Å². The third kappa shape index (κ3) is 4.06. The van der Waals surface area contributed by atoms with E-state index in [4.69, 9.17) is 10.00 Å². The molecule has 1 aromatic carbocycles. The Morgan fingerprint density at radius 2 is 1.90 bits per heavy atom. The Hall–Kier alpha value is -2.35. The number of benzene rings is 1. The lowest BCUT2D eigenvalue weighted by Gasteiger charge is -2.16. The van der Waals surface area contributed by atoms with Gasteiger partial charge in [0.05, 0.1) is 17.6 Å². The molecule has 2 rings (SSSR count). The number of anilines is 1. The molecule has 5 heteroatoms. The first-order valence-electron chi connectivity index (χ1n) is 7.11. The van der Waals surface area contributed by atoms with Crippen LogP contribution in [0.4, 0.5) is 5.69 Å². The Morgan fingerprint density at radius 3 is 2.48 bits per heavy atom. The van der Waals surface area contributed by atoms with E-state index >= 15 is 0 Å². The number of hydrogen-bond acceptors (Lipinski definition) is 4. The predicted octanol–water partition coefficient (Wildman–Crippen LogP) is 2.62. The normalized spacial score (nSPS) is 16.0. The molecule has 1 N–H and O–H groups in total. The van der Waals surface area contributed by atoms with E-state index in [1.807, 2.05) is 6.07 Å². The fourth-order valence-electron chi connectivity index (χ4n) is 2.36. The van der Waals surface area contributed by atoms with Gasteiger partial charge >= 0.3 is 5.97 Å². The quantitative estimate of drug-likeness (QED) is 0.863. The number of nitriles is 1. The minimum absolute atomic E-state index is 0.0600. The summed E-state index contributed by atoms with van der Waals surface area (Å²) in [6, 6.07) is 8.52. The Balaban J connectivity index is 1.86. The number of carbonyl (C=O) groups is 2. The van der Waals surface area contributed by atoms with Gasteiger partial charge in [-0.05, 0) is 44.0 Å². The fourth-order valence-corrected chi connectivity index (χ4v) is 2.36. The van der Waals surface area contributed by atoms with Crippen molar-refractivity contribution in [3.63, 3.8) is 0 Å². The minimum Gasteiger partial charge on any atom is -0.452 e. The van der Waals surface area contributed by atoms with Crippen LogP contribution in [0.3, 0.4) is 0 Å². The number of ether oxygens (including phenoxy) is 1. The number of amides is 1. The maximum absolute atomic E-state index is 12.0. The van der Waals surface area contributed by atoms with Gasteiger partial charge in [0.25, 0.3) is 5.91 Å². The van der Waals surface area contributed by atoms with Crippen molar-refractivity contribution in [2.45, 2.75) is 38.7 Å². The lowest BCUT2D eigenvalue weighted by Crippen LogP contribution is -2.31. The lowest BCUT2D eigenvalue weighted by molar-refractivity contribution is -0.157. The molecule has 0 spiro atoms.